The van der Waals surface area contributed by atoms with E-state index in [1.165, 1.54) is 32.0 Å². The summed E-state index contributed by atoms with van der Waals surface area (Å²) in [7, 11) is -3.92. The summed E-state index contributed by atoms with van der Waals surface area (Å²) >= 11 is 3.06. The molecule has 0 aliphatic rings. The number of hydrogen-bond donors (Lipinski definition) is 3. The number of nitrogens with one attached hydrogen (secondary N) is 1. The van der Waals surface area contributed by atoms with E-state index < -0.39 is 27.1 Å². The molecule has 0 atom stereocenters. The van der Waals surface area contributed by atoms with Crippen LogP contribution >= 0.6 is 15.9 Å². The van der Waals surface area contributed by atoms with E-state index >= 15 is 0 Å². The Bertz CT molecular complexity index is 662. The zero-order valence-corrected chi connectivity index (χ0v) is 14.5. The first kappa shape index (κ1) is 18.1. The number of rotatable bonds is 5. The van der Waals surface area contributed by atoms with Crippen molar-refractivity contribution < 1.29 is 23.4 Å². The normalized spacial score (nSPS) is 13.2. The SMILES string of the molecule is CC(C)(O)C(C)(C)NS(=O)(=O)c1ccc(C(=O)O)cc1Br. The molecule has 0 radical (unpaired) electrons. The van der Waals surface area contributed by atoms with Gasteiger partial charge in [-0.2, -0.15) is 0 Å². The third-order valence-corrected chi connectivity index (χ3v) is 6.02. The summed E-state index contributed by atoms with van der Waals surface area (Å²) in [4.78, 5) is 10.8. The van der Waals surface area contributed by atoms with E-state index in [9.17, 15) is 18.3 Å². The quantitative estimate of drug-likeness (QED) is 0.725. The number of hydrogen-bond acceptors (Lipinski definition) is 4. The molecule has 0 aromatic heterocycles. The van der Waals surface area contributed by atoms with Crippen molar-refractivity contribution in [3.8, 4) is 0 Å². The molecule has 0 unspecified atom stereocenters. The molecule has 0 spiro atoms. The highest BCUT2D eigenvalue weighted by atomic mass is 79.9. The van der Waals surface area contributed by atoms with Crippen LogP contribution < -0.4 is 4.72 Å². The molecule has 1 aromatic carbocycles. The molecule has 1 rings (SSSR count). The van der Waals surface area contributed by atoms with Crippen molar-refractivity contribution in [3.63, 3.8) is 0 Å². The predicted octanol–water partition coefficient (Wildman–Crippen LogP) is 1.98. The van der Waals surface area contributed by atoms with Crippen molar-refractivity contribution in [2.24, 2.45) is 0 Å². The smallest absolute Gasteiger partial charge is 0.335 e. The van der Waals surface area contributed by atoms with E-state index in [1.807, 2.05) is 0 Å². The number of carbonyl (C=O) groups is 1. The zero-order chi connectivity index (χ0) is 16.6. The van der Waals surface area contributed by atoms with Gasteiger partial charge in [0.25, 0.3) is 0 Å². The van der Waals surface area contributed by atoms with Gasteiger partial charge in [0.2, 0.25) is 10.0 Å². The molecule has 0 fully saturated rings. The average molecular weight is 380 g/mol. The lowest BCUT2D eigenvalue weighted by Crippen LogP contribution is -2.57. The van der Waals surface area contributed by atoms with Gasteiger partial charge in [-0.05, 0) is 61.8 Å². The number of aromatic carboxylic acids is 1. The summed E-state index contributed by atoms with van der Waals surface area (Å²) in [5.41, 5.74) is -2.42. The van der Waals surface area contributed by atoms with Crippen LogP contribution in [0.2, 0.25) is 0 Å². The van der Waals surface area contributed by atoms with Gasteiger partial charge in [-0.3, -0.25) is 0 Å². The van der Waals surface area contributed by atoms with Crippen LogP contribution in [0.1, 0.15) is 38.1 Å². The Kier molecular flexibility index (Phi) is 4.89. The number of benzene rings is 1. The van der Waals surface area contributed by atoms with Crippen LogP contribution in [0.5, 0.6) is 0 Å². The predicted molar refractivity (Wildman–Crippen MR) is 81.8 cm³/mol. The Balaban J connectivity index is 3.24. The van der Waals surface area contributed by atoms with Gasteiger partial charge in [-0.15, -0.1) is 0 Å². The topological polar surface area (TPSA) is 104 Å². The Morgan fingerprint density at radius 3 is 2.14 bits per heavy atom. The van der Waals surface area contributed by atoms with Crippen LogP contribution in [0, 0.1) is 0 Å². The van der Waals surface area contributed by atoms with Crippen LogP contribution in [0.3, 0.4) is 0 Å². The van der Waals surface area contributed by atoms with E-state index in [-0.39, 0.29) is 14.9 Å². The Morgan fingerprint density at radius 2 is 1.76 bits per heavy atom. The first-order valence-corrected chi connectivity index (χ1v) is 8.35. The molecule has 21 heavy (non-hydrogen) atoms. The van der Waals surface area contributed by atoms with Gasteiger partial charge in [-0.25, -0.2) is 17.9 Å². The molecule has 3 N–H and O–H groups in total. The number of halogens is 1. The second kappa shape index (κ2) is 5.68. The number of sulfonamides is 1. The fourth-order valence-corrected chi connectivity index (χ4v) is 3.98. The van der Waals surface area contributed by atoms with Gasteiger partial charge >= 0.3 is 5.97 Å². The first-order chi connectivity index (χ1) is 9.28. The molecular weight excluding hydrogens is 362 g/mol. The minimum atomic E-state index is -3.92. The lowest BCUT2D eigenvalue weighted by Gasteiger charge is -2.37. The van der Waals surface area contributed by atoms with E-state index in [0.717, 1.165) is 0 Å². The van der Waals surface area contributed by atoms with Gasteiger partial charge < -0.3 is 10.2 Å². The van der Waals surface area contributed by atoms with E-state index in [0.29, 0.717) is 0 Å². The van der Waals surface area contributed by atoms with Gasteiger partial charge in [0, 0.05) is 4.47 Å². The van der Waals surface area contributed by atoms with Crippen molar-refractivity contribution in [1.82, 2.24) is 4.72 Å². The number of aliphatic hydroxyl groups is 1. The van der Waals surface area contributed by atoms with Gasteiger partial charge in [0.05, 0.1) is 21.6 Å². The molecule has 0 bridgehead atoms. The molecule has 0 aliphatic carbocycles. The van der Waals surface area contributed by atoms with E-state index in [2.05, 4.69) is 20.7 Å². The standard InChI is InChI=1S/C13H18BrNO5S/c1-12(2,13(3,4)18)15-21(19,20)10-6-5-8(11(16)17)7-9(10)14/h5-7,15,18H,1-4H3,(H,16,17). The maximum Gasteiger partial charge on any atom is 0.335 e. The van der Waals surface area contributed by atoms with Gasteiger partial charge in [0.15, 0.2) is 0 Å². The molecule has 0 saturated carbocycles. The average Bonchev–Trinajstić information content (AvgIpc) is 2.25. The highest BCUT2D eigenvalue weighted by Crippen LogP contribution is 2.27. The summed E-state index contributed by atoms with van der Waals surface area (Å²) in [5, 5.41) is 18.9. The van der Waals surface area contributed by atoms with Crippen molar-refractivity contribution >= 4 is 31.9 Å². The van der Waals surface area contributed by atoms with Crippen molar-refractivity contribution in [2.75, 3.05) is 0 Å². The molecule has 0 saturated heterocycles. The summed E-state index contributed by atoms with van der Waals surface area (Å²) in [5.74, 6) is -1.15. The maximum absolute atomic E-state index is 12.4. The summed E-state index contributed by atoms with van der Waals surface area (Å²) in [6.45, 7) is 6.12. The van der Waals surface area contributed by atoms with Crippen LogP contribution in [-0.4, -0.2) is 35.7 Å². The third kappa shape index (κ3) is 4.03. The maximum atomic E-state index is 12.4. The first-order valence-electron chi connectivity index (χ1n) is 6.07. The van der Waals surface area contributed by atoms with Gasteiger partial charge in [-0.1, -0.05) is 0 Å². The number of carboxylic acids is 1. The Hall–Kier alpha value is -0.960. The molecular formula is C13H18BrNO5S. The van der Waals surface area contributed by atoms with Crippen molar-refractivity contribution in [1.29, 1.82) is 0 Å². The molecule has 118 valence electrons. The summed E-state index contributed by atoms with van der Waals surface area (Å²) < 4.78 is 27.4. The monoisotopic (exact) mass is 379 g/mol. The Labute approximate surface area is 132 Å². The van der Waals surface area contributed by atoms with E-state index in [4.69, 9.17) is 5.11 Å². The molecule has 8 heteroatoms. The number of carboxylic acid groups (broad SMARTS) is 1. The van der Waals surface area contributed by atoms with Crippen LogP contribution in [-0.2, 0) is 10.0 Å². The summed E-state index contributed by atoms with van der Waals surface area (Å²) in [6, 6.07) is 3.63. The molecule has 6 nitrogen and oxygen atoms in total. The van der Waals surface area contributed by atoms with Gasteiger partial charge in [0.1, 0.15) is 0 Å². The zero-order valence-electron chi connectivity index (χ0n) is 12.1. The lowest BCUT2D eigenvalue weighted by atomic mass is 9.87. The fourth-order valence-electron chi connectivity index (χ4n) is 1.37. The van der Waals surface area contributed by atoms with Crippen LogP contribution in [0.4, 0.5) is 0 Å². The Morgan fingerprint density at radius 1 is 1.24 bits per heavy atom. The fraction of sp³-hybridized carbons (Fsp3) is 0.462. The van der Waals surface area contributed by atoms with E-state index in [1.54, 1.807) is 13.8 Å². The largest absolute Gasteiger partial charge is 0.478 e. The highest BCUT2D eigenvalue weighted by Gasteiger charge is 2.39. The minimum Gasteiger partial charge on any atom is -0.478 e. The molecule has 0 amide bonds. The molecule has 0 heterocycles. The van der Waals surface area contributed by atoms with Crippen LogP contribution in [0.25, 0.3) is 0 Å². The summed E-state index contributed by atoms with van der Waals surface area (Å²) in [6.07, 6.45) is 0. The van der Waals surface area contributed by atoms with Crippen molar-refractivity contribution in [2.45, 2.75) is 43.7 Å². The second-order valence-corrected chi connectivity index (χ2v) is 8.25. The van der Waals surface area contributed by atoms with Crippen molar-refractivity contribution in [3.05, 3.63) is 28.2 Å². The van der Waals surface area contributed by atoms with Crippen LogP contribution in [0.15, 0.2) is 27.6 Å². The lowest BCUT2D eigenvalue weighted by molar-refractivity contribution is 0.00638. The third-order valence-electron chi connectivity index (χ3n) is 3.39. The second-order valence-electron chi connectivity index (χ2n) is 5.74. The molecule has 0 aliphatic heterocycles. The molecule has 1 aromatic rings. The minimum absolute atomic E-state index is 0.0254. The highest BCUT2D eigenvalue weighted by molar-refractivity contribution is 9.10.